The van der Waals surface area contributed by atoms with E-state index in [1.54, 1.807) is 11.0 Å². The summed E-state index contributed by atoms with van der Waals surface area (Å²) in [5, 5.41) is 4.72. The third-order valence-electron chi connectivity index (χ3n) is 4.78. The topological polar surface area (TPSA) is 49.4 Å². The van der Waals surface area contributed by atoms with Gasteiger partial charge in [0.25, 0.3) is 0 Å². The lowest BCUT2D eigenvalue weighted by molar-refractivity contribution is -0.135. The van der Waals surface area contributed by atoms with Crippen LogP contribution in [0.15, 0.2) is 60.0 Å². The zero-order valence-corrected chi connectivity index (χ0v) is 16.1. The Balaban J connectivity index is 1.77. The number of anilines is 1. The van der Waals surface area contributed by atoms with E-state index in [9.17, 15) is 14.0 Å². The van der Waals surface area contributed by atoms with Crippen LogP contribution in [0.4, 0.5) is 10.1 Å². The van der Waals surface area contributed by atoms with E-state index in [4.69, 9.17) is 0 Å². The number of fused-ring (bicyclic) bond motifs is 1. The van der Waals surface area contributed by atoms with Crippen LogP contribution in [0.3, 0.4) is 0 Å². The van der Waals surface area contributed by atoms with Crippen LogP contribution >= 0.6 is 11.3 Å². The average molecular weight is 394 g/mol. The molecule has 4 nitrogen and oxygen atoms in total. The van der Waals surface area contributed by atoms with Gasteiger partial charge >= 0.3 is 0 Å². The van der Waals surface area contributed by atoms with Crippen molar-refractivity contribution in [2.24, 2.45) is 0 Å². The Labute approximate surface area is 166 Å². The van der Waals surface area contributed by atoms with Crippen molar-refractivity contribution < 1.29 is 14.0 Å². The highest BCUT2D eigenvalue weighted by Crippen LogP contribution is 2.38. The summed E-state index contributed by atoms with van der Waals surface area (Å²) in [6.07, 6.45) is 0.182. The number of amides is 2. The van der Waals surface area contributed by atoms with Crippen molar-refractivity contribution in [2.45, 2.75) is 19.4 Å². The van der Waals surface area contributed by atoms with Gasteiger partial charge < -0.3 is 10.2 Å². The number of rotatable bonds is 3. The van der Waals surface area contributed by atoms with Crippen molar-refractivity contribution in [3.8, 4) is 0 Å². The molecule has 0 fully saturated rings. The molecule has 1 aromatic heterocycles. The molecule has 1 unspecified atom stereocenters. The number of aryl methyl sites for hydroxylation is 1. The van der Waals surface area contributed by atoms with Crippen molar-refractivity contribution in [1.29, 1.82) is 0 Å². The lowest BCUT2D eigenvalue weighted by atomic mass is 10.0. The normalized spacial score (nSPS) is 16.3. The fraction of sp³-hybridized carbons (Fsp3) is 0.182. The first kappa shape index (κ1) is 18.4. The zero-order valence-electron chi connectivity index (χ0n) is 15.3. The minimum atomic E-state index is -0.512. The van der Waals surface area contributed by atoms with Crippen molar-refractivity contribution in [1.82, 2.24) is 4.90 Å². The van der Waals surface area contributed by atoms with E-state index in [1.807, 2.05) is 48.7 Å². The molecule has 2 heterocycles. The molecule has 1 aliphatic heterocycles. The number of halogens is 1. The molecule has 1 aliphatic rings. The molecule has 0 radical (unpaired) electrons. The first-order valence-corrected chi connectivity index (χ1v) is 9.87. The van der Waals surface area contributed by atoms with Crippen molar-refractivity contribution in [2.75, 3.05) is 11.9 Å². The SMILES string of the molecule is Cc1cccc(CC(=O)N2CC(=O)Nc3ccc(F)cc3C2c2cccs2)c1. The van der Waals surface area contributed by atoms with E-state index in [0.717, 1.165) is 16.0 Å². The highest BCUT2D eigenvalue weighted by molar-refractivity contribution is 7.10. The second-order valence-corrected chi connectivity index (χ2v) is 7.86. The predicted molar refractivity (Wildman–Crippen MR) is 108 cm³/mol. The summed E-state index contributed by atoms with van der Waals surface area (Å²) < 4.78 is 14.0. The molecule has 0 aliphatic carbocycles. The van der Waals surface area contributed by atoms with E-state index in [0.29, 0.717) is 11.3 Å². The van der Waals surface area contributed by atoms with Gasteiger partial charge in [0.15, 0.2) is 0 Å². The Morgan fingerprint density at radius 2 is 2.07 bits per heavy atom. The molecule has 2 amide bonds. The van der Waals surface area contributed by atoms with Crippen LogP contribution in [0.25, 0.3) is 0 Å². The zero-order chi connectivity index (χ0) is 19.7. The van der Waals surface area contributed by atoms with Crippen LogP contribution in [-0.2, 0) is 16.0 Å². The van der Waals surface area contributed by atoms with Gasteiger partial charge in [0.2, 0.25) is 11.8 Å². The summed E-state index contributed by atoms with van der Waals surface area (Å²) >= 11 is 1.48. The number of benzene rings is 2. The predicted octanol–water partition coefficient (Wildman–Crippen LogP) is 4.31. The number of carbonyl (C=O) groups excluding carboxylic acids is 2. The van der Waals surface area contributed by atoms with Crippen molar-refractivity contribution in [3.63, 3.8) is 0 Å². The Kier molecular flexibility index (Phi) is 4.96. The first-order chi connectivity index (χ1) is 13.5. The number of hydrogen-bond donors (Lipinski definition) is 1. The summed E-state index contributed by atoms with van der Waals surface area (Å²) in [5.41, 5.74) is 3.08. The van der Waals surface area contributed by atoms with Gasteiger partial charge in [-0.2, -0.15) is 0 Å². The molecule has 2 aromatic carbocycles. The van der Waals surface area contributed by atoms with Crippen molar-refractivity contribution >= 4 is 28.8 Å². The van der Waals surface area contributed by atoms with Crippen LogP contribution in [-0.4, -0.2) is 23.3 Å². The fourth-order valence-electron chi connectivity index (χ4n) is 3.56. The lowest BCUT2D eigenvalue weighted by Crippen LogP contribution is -2.39. The summed E-state index contributed by atoms with van der Waals surface area (Å²) in [4.78, 5) is 28.1. The number of nitrogens with zero attached hydrogens (tertiary/aromatic N) is 1. The van der Waals surface area contributed by atoms with Gasteiger partial charge in [-0.15, -0.1) is 11.3 Å². The van der Waals surface area contributed by atoms with Gasteiger partial charge in [0.05, 0.1) is 12.5 Å². The molecule has 1 atom stereocenters. The third-order valence-corrected chi connectivity index (χ3v) is 5.70. The lowest BCUT2D eigenvalue weighted by Gasteiger charge is -2.29. The monoisotopic (exact) mass is 394 g/mol. The quantitative estimate of drug-likeness (QED) is 0.720. The Morgan fingerprint density at radius 3 is 2.82 bits per heavy atom. The van der Waals surface area contributed by atoms with Gasteiger partial charge in [-0.1, -0.05) is 35.9 Å². The van der Waals surface area contributed by atoms with E-state index in [1.165, 1.54) is 23.5 Å². The smallest absolute Gasteiger partial charge is 0.244 e. The van der Waals surface area contributed by atoms with E-state index in [2.05, 4.69) is 5.32 Å². The number of carbonyl (C=O) groups is 2. The summed E-state index contributed by atoms with van der Waals surface area (Å²) in [7, 11) is 0. The molecule has 1 N–H and O–H groups in total. The van der Waals surface area contributed by atoms with E-state index >= 15 is 0 Å². The Bertz CT molecular complexity index is 1030. The maximum Gasteiger partial charge on any atom is 0.244 e. The maximum atomic E-state index is 14.0. The number of hydrogen-bond acceptors (Lipinski definition) is 3. The van der Waals surface area contributed by atoms with Crippen LogP contribution in [0.2, 0.25) is 0 Å². The molecular weight excluding hydrogens is 375 g/mol. The van der Waals surface area contributed by atoms with Gasteiger partial charge in [-0.3, -0.25) is 9.59 Å². The summed E-state index contributed by atoms with van der Waals surface area (Å²) in [5.74, 6) is -0.858. The van der Waals surface area contributed by atoms with Gasteiger partial charge in [0, 0.05) is 16.1 Å². The second-order valence-electron chi connectivity index (χ2n) is 6.89. The minimum Gasteiger partial charge on any atom is -0.324 e. The highest BCUT2D eigenvalue weighted by Gasteiger charge is 2.34. The molecule has 0 saturated heterocycles. The van der Waals surface area contributed by atoms with Crippen LogP contribution < -0.4 is 5.32 Å². The largest absolute Gasteiger partial charge is 0.324 e. The molecule has 3 aromatic rings. The van der Waals surface area contributed by atoms with Crippen LogP contribution in [0.5, 0.6) is 0 Å². The molecule has 6 heteroatoms. The second kappa shape index (κ2) is 7.56. The fourth-order valence-corrected chi connectivity index (χ4v) is 4.42. The van der Waals surface area contributed by atoms with Crippen LogP contribution in [0, 0.1) is 12.7 Å². The van der Waals surface area contributed by atoms with Crippen molar-refractivity contribution in [3.05, 3.63) is 87.4 Å². The first-order valence-electron chi connectivity index (χ1n) is 8.99. The molecule has 0 bridgehead atoms. The Morgan fingerprint density at radius 1 is 1.21 bits per heavy atom. The molecule has 142 valence electrons. The number of nitrogens with one attached hydrogen (secondary N) is 1. The van der Waals surface area contributed by atoms with Gasteiger partial charge in [0.1, 0.15) is 12.4 Å². The number of thiophene rings is 1. The van der Waals surface area contributed by atoms with Gasteiger partial charge in [-0.05, 0) is 42.1 Å². The minimum absolute atomic E-state index is 0.0798. The van der Waals surface area contributed by atoms with Crippen LogP contribution in [0.1, 0.15) is 27.6 Å². The molecule has 4 rings (SSSR count). The summed E-state index contributed by atoms with van der Waals surface area (Å²) in [6.45, 7) is 1.89. The molecular formula is C22H19FN2O2S. The van der Waals surface area contributed by atoms with E-state index < -0.39 is 11.9 Å². The summed E-state index contributed by atoms with van der Waals surface area (Å²) in [6, 6.07) is 15.3. The maximum absolute atomic E-state index is 14.0. The molecule has 0 saturated carbocycles. The molecule has 0 spiro atoms. The third kappa shape index (κ3) is 3.68. The van der Waals surface area contributed by atoms with E-state index in [-0.39, 0.29) is 24.8 Å². The highest BCUT2D eigenvalue weighted by atomic mass is 32.1. The standard InChI is InChI=1S/C22H19FN2O2S/c1-14-4-2-5-15(10-14)11-21(27)25-13-20(26)24-18-8-7-16(23)12-17(18)22(25)19-6-3-9-28-19/h2-10,12,22H,11,13H2,1H3,(H,24,26). The van der Waals surface area contributed by atoms with Gasteiger partial charge in [-0.25, -0.2) is 4.39 Å². The molecule has 28 heavy (non-hydrogen) atoms. The average Bonchev–Trinajstić information content (AvgIpc) is 3.13. The Hall–Kier alpha value is -2.99.